The second-order valence-corrected chi connectivity index (χ2v) is 7.66. The number of amides is 1. The van der Waals surface area contributed by atoms with Crippen LogP contribution in [0.2, 0.25) is 0 Å². The lowest BCUT2D eigenvalue weighted by atomic mass is 10.1. The van der Waals surface area contributed by atoms with E-state index in [2.05, 4.69) is 0 Å². The molecule has 0 radical (unpaired) electrons. The number of hydrogen-bond donors (Lipinski definition) is 2. The molecule has 0 bridgehead atoms. The Balaban J connectivity index is 2.11. The zero-order valence-electron chi connectivity index (χ0n) is 15.3. The van der Waals surface area contributed by atoms with E-state index in [0.717, 1.165) is 18.2 Å². The highest BCUT2D eigenvalue weighted by Crippen LogP contribution is 2.20. The molecule has 0 aliphatic rings. The first kappa shape index (κ1) is 21.3. The molecule has 28 heavy (non-hydrogen) atoms. The van der Waals surface area contributed by atoms with Crippen LogP contribution in [0, 0.1) is 19.7 Å². The monoisotopic (exact) mass is 409 g/mol. The molecule has 2 rings (SSSR count). The van der Waals surface area contributed by atoms with Gasteiger partial charge in [-0.2, -0.15) is 0 Å². The minimum absolute atomic E-state index is 0.222. The lowest BCUT2D eigenvalue weighted by molar-refractivity contribution is -0.255. The molecular weight excluding hydrogens is 391 g/mol. The van der Waals surface area contributed by atoms with Gasteiger partial charge in [0.25, 0.3) is 15.9 Å². The van der Waals surface area contributed by atoms with E-state index in [1.807, 2.05) is 10.3 Å². The molecule has 0 aliphatic heterocycles. The van der Waals surface area contributed by atoms with Crippen molar-refractivity contribution in [2.24, 2.45) is 0 Å². The molecule has 8 nitrogen and oxygen atoms in total. The van der Waals surface area contributed by atoms with Crippen LogP contribution in [0.4, 0.5) is 4.39 Å². The third-order valence-electron chi connectivity index (χ3n) is 3.95. The number of halogens is 1. The molecule has 0 saturated carbocycles. The van der Waals surface area contributed by atoms with Crippen molar-refractivity contribution in [3.63, 3.8) is 0 Å². The molecule has 150 valence electrons. The molecule has 0 spiro atoms. The van der Waals surface area contributed by atoms with Gasteiger partial charge in [0.15, 0.2) is 6.10 Å². The molecule has 0 unspecified atom stereocenters. The minimum atomic E-state index is -4.25. The number of hydrazine groups is 1. The van der Waals surface area contributed by atoms with Crippen LogP contribution >= 0.6 is 0 Å². The maximum atomic E-state index is 12.9. The van der Waals surface area contributed by atoms with E-state index in [1.165, 1.54) is 32.0 Å². The van der Waals surface area contributed by atoms with Gasteiger partial charge in [0.2, 0.25) is 0 Å². The van der Waals surface area contributed by atoms with Gasteiger partial charge in [-0.3, -0.25) is 10.2 Å². The van der Waals surface area contributed by atoms with Gasteiger partial charge >= 0.3 is 0 Å². The number of aryl methyl sites for hydroxylation is 1. The number of carbonyl (C=O) groups is 2. The first-order chi connectivity index (χ1) is 13.0. The van der Waals surface area contributed by atoms with E-state index in [1.54, 1.807) is 6.92 Å². The summed E-state index contributed by atoms with van der Waals surface area (Å²) >= 11 is 0. The summed E-state index contributed by atoms with van der Waals surface area (Å²) in [5.74, 6) is -2.58. The van der Waals surface area contributed by atoms with Crippen LogP contribution in [0.3, 0.4) is 0 Å². The number of carbonyl (C=O) groups excluding carboxylic acids is 2. The van der Waals surface area contributed by atoms with E-state index >= 15 is 0 Å². The van der Waals surface area contributed by atoms with E-state index in [0.29, 0.717) is 11.1 Å². The molecule has 1 atom stereocenters. The van der Waals surface area contributed by atoms with Crippen LogP contribution in [0.15, 0.2) is 41.3 Å². The van der Waals surface area contributed by atoms with Gasteiger partial charge in [0.1, 0.15) is 11.6 Å². The van der Waals surface area contributed by atoms with Gasteiger partial charge < -0.3 is 14.6 Å². The van der Waals surface area contributed by atoms with Crippen LogP contribution < -0.4 is 20.1 Å². The minimum Gasteiger partial charge on any atom is -0.545 e. The van der Waals surface area contributed by atoms with Crippen LogP contribution in [0.5, 0.6) is 5.75 Å². The third-order valence-corrected chi connectivity index (χ3v) is 5.32. The lowest BCUT2D eigenvalue weighted by Gasteiger charge is -2.17. The van der Waals surface area contributed by atoms with E-state index in [4.69, 9.17) is 4.74 Å². The summed E-state index contributed by atoms with van der Waals surface area (Å²) < 4.78 is 43.1. The van der Waals surface area contributed by atoms with Crippen molar-refractivity contribution in [3.8, 4) is 5.75 Å². The summed E-state index contributed by atoms with van der Waals surface area (Å²) in [7, 11) is -4.25. The summed E-state index contributed by atoms with van der Waals surface area (Å²) in [5.41, 5.74) is 2.46. The number of nitrogens with one attached hydrogen (secondary N) is 2. The highest BCUT2D eigenvalue weighted by Gasteiger charge is 2.22. The predicted molar refractivity (Wildman–Crippen MR) is 95.2 cm³/mol. The fraction of sp³-hybridized carbons (Fsp3) is 0.222. The van der Waals surface area contributed by atoms with Crippen molar-refractivity contribution in [1.29, 1.82) is 0 Å². The Morgan fingerprint density at radius 1 is 1.14 bits per heavy atom. The molecule has 0 fully saturated rings. The number of rotatable bonds is 7. The van der Waals surface area contributed by atoms with Crippen LogP contribution in [0.1, 0.15) is 28.4 Å². The smallest absolute Gasteiger partial charge is 0.275 e. The van der Waals surface area contributed by atoms with Crippen LogP contribution in [-0.2, 0) is 14.8 Å². The topological polar surface area (TPSA) is 125 Å². The molecule has 0 heterocycles. The Morgan fingerprint density at radius 2 is 1.75 bits per heavy atom. The number of hydrogen-bond acceptors (Lipinski definition) is 6. The van der Waals surface area contributed by atoms with Crippen LogP contribution in [-0.4, -0.2) is 26.4 Å². The normalized spacial score (nSPS) is 12.3. The maximum absolute atomic E-state index is 12.9. The molecular formula is C18H18FN2O6S-. The Labute approximate surface area is 161 Å². The highest BCUT2D eigenvalue weighted by atomic mass is 32.2. The van der Waals surface area contributed by atoms with E-state index < -0.39 is 33.8 Å². The first-order valence-electron chi connectivity index (χ1n) is 8.07. The number of aromatic carboxylic acids is 1. The number of ether oxygens (including phenoxy) is 1. The van der Waals surface area contributed by atoms with E-state index in [-0.39, 0.29) is 16.2 Å². The molecule has 1 amide bonds. The Hall–Kier alpha value is -2.98. The maximum Gasteiger partial charge on any atom is 0.275 e. The fourth-order valence-corrected chi connectivity index (χ4v) is 3.46. The average Bonchev–Trinajstić information content (AvgIpc) is 2.63. The number of sulfonamides is 1. The van der Waals surface area contributed by atoms with Gasteiger partial charge in [-0.05, 0) is 73.9 Å². The number of carboxylic acids is 1. The molecule has 0 saturated heterocycles. The Kier molecular flexibility index (Phi) is 6.37. The lowest BCUT2D eigenvalue weighted by Crippen LogP contribution is -2.47. The Bertz CT molecular complexity index is 1010. The summed E-state index contributed by atoms with van der Waals surface area (Å²) in [6, 6.07) is 7.18. The molecule has 10 heteroatoms. The number of carboxylic acid groups (broad SMARTS) is 1. The van der Waals surface area contributed by atoms with Crippen molar-refractivity contribution in [2.45, 2.75) is 31.8 Å². The fourth-order valence-electron chi connectivity index (χ4n) is 2.27. The predicted octanol–water partition coefficient (Wildman–Crippen LogP) is 0.583. The molecule has 0 aromatic heterocycles. The average molecular weight is 409 g/mol. The standard InChI is InChI=1S/C18H19FN2O6S/c1-10-8-13(18(23)24)9-16(11(10)2)28(25,26)21-20-17(22)12(3)27-15-6-4-14(19)5-7-15/h4-9,12,21H,1-3H3,(H,20,22)(H,23,24)/p-1/t12-/m1/s1. The van der Waals surface area contributed by atoms with Crippen molar-refractivity contribution in [3.05, 3.63) is 58.9 Å². The van der Waals surface area contributed by atoms with Crippen LogP contribution in [0.25, 0.3) is 0 Å². The van der Waals surface area contributed by atoms with Gasteiger partial charge in [-0.1, -0.05) is 0 Å². The summed E-state index contributed by atoms with van der Waals surface area (Å²) in [4.78, 5) is 24.7. The van der Waals surface area contributed by atoms with Crippen molar-refractivity contribution >= 4 is 21.9 Å². The molecule has 2 aromatic carbocycles. The number of benzene rings is 2. The molecule has 2 N–H and O–H groups in total. The zero-order valence-corrected chi connectivity index (χ0v) is 16.1. The SMILES string of the molecule is Cc1cc(C(=O)[O-])cc(S(=O)(=O)NNC(=O)[C@@H](C)Oc2ccc(F)cc2)c1C. The summed E-state index contributed by atoms with van der Waals surface area (Å²) in [5, 5.41) is 11.1. The first-order valence-corrected chi connectivity index (χ1v) is 9.56. The largest absolute Gasteiger partial charge is 0.545 e. The second-order valence-electron chi connectivity index (χ2n) is 6.01. The molecule has 2 aromatic rings. The zero-order chi connectivity index (χ0) is 21.1. The van der Waals surface area contributed by atoms with Crippen molar-refractivity contribution in [2.75, 3.05) is 0 Å². The summed E-state index contributed by atoms with van der Waals surface area (Å²) in [6.07, 6.45) is -1.09. The van der Waals surface area contributed by atoms with E-state index in [9.17, 15) is 27.5 Å². The molecule has 0 aliphatic carbocycles. The van der Waals surface area contributed by atoms with Gasteiger partial charge in [-0.15, -0.1) is 4.83 Å². The van der Waals surface area contributed by atoms with Crippen molar-refractivity contribution < 1.29 is 32.2 Å². The van der Waals surface area contributed by atoms with Gasteiger partial charge in [0.05, 0.1) is 10.9 Å². The van der Waals surface area contributed by atoms with Gasteiger partial charge in [0, 0.05) is 0 Å². The second kappa shape index (κ2) is 8.36. The third kappa shape index (κ3) is 5.05. The quantitative estimate of drug-likeness (QED) is 0.645. The van der Waals surface area contributed by atoms with Gasteiger partial charge in [-0.25, -0.2) is 12.8 Å². The highest BCUT2D eigenvalue weighted by molar-refractivity contribution is 7.89. The van der Waals surface area contributed by atoms with Crippen molar-refractivity contribution in [1.82, 2.24) is 10.3 Å². The summed E-state index contributed by atoms with van der Waals surface area (Å²) in [6.45, 7) is 4.43. The Morgan fingerprint density at radius 3 is 2.32 bits per heavy atom.